The van der Waals surface area contributed by atoms with E-state index in [-0.39, 0.29) is 11.7 Å². The Hall–Kier alpha value is -0.730. The zero-order chi connectivity index (χ0) is 10.5. The van der Waals surface area contributed by atoms with Crippen molar-refractivity contribution in [2.24, 2.45) is 0 Å². The van der Waals surface area contributed by atoms with Gasteiger partial charge in [-0.25, -0.2) is 4.79 Å². The summed E-state index contributed by atoms with van der Waals surface area (Å²) in [5.74, 6) is 0. The molecule has 15 heavy (non-hydrogen) atoms. The molecule has 1 aliphatic carbocycles. The summed E-state index contributed by atoms with van der Waals surface area (Å²) in [6, 6.07) is 0.970. The summed E-state index contributed by atoms with van der Waals surface area (Å²) in [5, 5.41) is 0. The lowest BCUT2D eigenvalue weighted by Crippen LogP contribution is -2.45. The second-order valence-corrected chi connectivity index (χ2v) is 5.54. The highest BCUT2D eigenvalue weighted by molar-refractivity contribution is 5.70. The van der Waals surface area contributed by atoms with Gasteiger partial charge in [0.1, 0.15) is 5.60 Å². The van der Waals surface area contributed by atoms with E-state index in [2.05, 4.69) is 0 Å². The van der Waals surface area contributed by atoms with Gasteiger partial charge in [0.2, 0.25) is 0 Å². The maximum absolute atomic E-state index is 12.0. The zero-order valence-corrected chi connectivity index (χ0v) is 9.37. The van der Waals surface area contributed by atoms with Crippen LogP contribution in [0.1, 0.15) is 51.9 Å². The zero-order valence-electron chi connectivity index (χ0n) is 9.37. The fourth-order valence-electron chi connectivity index (χ4n) is 2.96. The molecule has 3 rings (SSSR count). The number of amides is 1. The van der Waals surface area contributed by atoms with Gasteiger partial charge in [-0.05, 0) is 51.9 Å². The van der Waals surface area contributed by atoms with E-state index in [1.54, 1.807) is 0 Å². The highest BCUT2D eigenvalue weighted by Crippen LogP contribution is 2.42. The molecule has 1 saturated carbocycles. The van der Waals surface area contributed by atoms with Gasteiger partial charge in [0.15, 0.2) is 0 Å². The average Bonchev–Trinajstić information content (AvgIpc) is 2.86. The molecular formula is C12H19NO2. The quantitative estimate of drug-likeness (QED) is 0.664. The van der Waals surface area contributed by atoms with Crippen LogP contribution in [-0.2, 0) is 4.74 Å². The Morgan fingerprint density at radius 1 is 1.20 bits per heavy atom. The molecule has 3 fully saturated rings. The van der Waals surface area contributed by atoms with Crippen LogP contribution >= 0.6 is 0 Å². The number of nitrogens with zero attached hydrogens (tertiary/aromatic N) is 1. The first-order chi connectivity index (χ1) is 7.18. The number of carbonyl (C=O) groups excluding carboxylic acids is 1. The standard InChI is InChI=1S/C12H19NO2/c1-12(7-8-12)15-11(14)13-9-3-2-4-10(13)6-5-9/h9-10H,2-8H2,1H3/t9-,10-/m1/s1. The van der Waals surface area contributed by atoms with Crippen LogP contribution in [0.5, 0.6) is 0 Å². The summed E-state index contributed by atoms with van der Waals surface area (Å²) in [6.45, 7) is 2.04. The summed E-state index contributed by atoms with van der Waals surface area (Å²) < 4.78 is 5.56. The van der Waals surface area contributed by atoms with E-state index >= 15 is 0 Å². The minimum atomic E-state index is -0.117. The van der Waals surface area contributed by atoms with Gasteiger partial charge in [-0.15, -0.1) is 0 Å². The molecule has 2 heterocycles. The van der Waals surface area contributed by atoms with Crippen LogP contribution < -0.4 is 0 Å². The Bertz CT molecular complexity index is 269. The summed E-state index contributed by atoms with van der Waals surface area (Å²) >= 11 is 0. The lowest BCUT2D eigenvalue weighted by atomic mass is 10.0. The summed E-state index contributed by atoms with van der Waals surface area (Å²) in [5.41, 5.74) is -0.117. The molecule has 2 bridgehead atoms. The van der Waals surface area contributed by atoms with E-state index < -0.39 is 0 Å². The Labute approximate surface area is 90.8 Å². The smallest absolute Gasteiger partial charge is 0.410 e. The number of fused-ring (bicyclic) bond motifs is 2. The van der Waals surface area contributed by atoms with E-state index in [9.17, 15) is 4.79 Å². The molecule has 3 nitrogen and oxygen atoms in total. The molecule has 2 atom stereocenters. The molecule has 1 amide bonds. The monoisotopic (exact) mass is 209 g/mol. The van der Waals surface area contributed by atoms with Crippen LogP contribution in [0.2, 0.25) is 0 Å². The van der Waals surface area contributed by atoms with Crippen LogP contribution in [-0.4, -0.2) is 28.7 Å². The third-order valence-electron chi connectivity index (χ3n) is 4.19. The van der Waals surface area contributed by atoms with Crippen molar-refractivity contribution in [1.29, 1.82) is 0 Å². The Morgan fingerprint density at radius 2 is 1.80 bits per heavy atom. The number of piperidine rings is 1. The first kappa shape index (κ1) is 9.49. The van der Waals surface area contributed by atoms with Crippen LogP contribution in [0.15, 0.2) is 0 Å². The SMILES string of the molecule is CC1(OC(=O)N2[C@@H]3CCC[C@@H]2CC3)CC1. The number of rotatable bonds is 1. The van der Waals surface area contributed by atoms with Crippen molar-refractivity contribution in [2.75, 3.05) is 0 Å². The third kappa shape index (κ3) is 1.62. The van der Waals surface area contributed by atoms with Gasteiger partial charge in [0.05, 0.1) is 0 Å². The van der Waals surface area contributed by atoms with E-state index in [1.165, 1.54) is 32.1 Å². The Balaban J connectivity index is 1.68. The highest BCUT2D eigenvalue weighted by atomic mass is 16.6. The fraction of sp³-hybridized carbons (Fsp3) is 0.917. The minimum Gasteiger partial charge on any atom is -0.443 e. The van der Waals surface area contributed by atoms with Crippen molar-refractivity contribution in [1.82, 2.24) is 4.90 Å². The summed E-state index contributed by atoms with van der Waals surface area (Å²) in [6.07, 6.45) is 8.08. The molecule has 0 N–H and O–H groups in total. The van der Waals surface area contributed by atoms with Crippen molar-refractivity contribution in [3.63, 3.8) is 0 Å². The van der Waals surface area contributed by atoms with Gasteiger partial charge in [0, 0.05) is 12.1 Å². The fourth-order valence-corrected chi connectivity index (χ4v) is 2.96. The van der Waals surface area contributed by atoms with E-state index in [0.717, 1.165) is 12.8 Å². The van der Waals surface area contributed by atoms with Gasteiger partial charge >= 0.3 is 6.09 Å². The van der Waals surface area contributed by atoms with E-state index in [4.69, 9.17) is 4.74 Å². The maximum Gasteiger partial charge on any atom is 0.410 e. The van der Waals surface area contributed by atoms with Gasteiger partial charge < -0.3 is 9.64 Å². The van der Waals surface area contributed by atoms with E-state index in [1.807, 2.05) is 11.8 Å². The normalized spacial score (nSPS) is 36.5. The second-order valence-electron chi connectivity index (χ2n) is 5.54. The summed E-state index contributed by atoms with van der Waals surface area (Å²) in [4.78, 5) is 14.1. The topological polar surface area (TPSA) is 29.5 Å². The molecule has 0 aromatic heterocycles. The van der Waals surface area contributed by atoms with Gasteiger partial charge in [-0.3, -0.25) is 0 Å². The molecule has 0 spiro atoms. The molecular weight excluding hydrogens is 190 g/mol. The van der Waals surface area contributed by atoms with Gasteiger partial charge in [-0.2, -0.15) is 0 Å². The molecule has 3 aliphatic rings. The first-order valence-electron chi connectivity index (χ1n) is 6.19. The van der Waals surface area contributed by atoms with Crippen LogP contribution in [0, 0.1) is 0 Å². The number of hydrogen-bond acceptors (Lipinski definition) is 2. The van der Waals surface area contributed by atoms with Gasteiger partial charge in [-0.1, -0.05) is 0 Å². The van der Waals surface area contributed by atoms with Crippen molar-refractivity contribution < 1.29 is 9.53 Å². The maximum atomic E-state index is 12.0. The van der Waals surface area contributed by atoms with Crippen LogP contribution in [0.25, 0.3) is 0 Å². The highest BCUT2D eigenvalue weighted by Gasteiger charge is 2.46. The lowest BCUT2D eigenvalue weighted by Gasteiger charge is -2.34. The molecule has 84 valence electrons. The molecule has 3 heteroatoms. The molecule has 2 saturated heterocycles. The number of ether oxygens (including phenoxy) is 1. The minimum absolute atomic E-state index is 0.0396. The molecule has 2 aliphatic heterocycles. The summed E-state index contributed by atoms with van der Waals surface area (Å²) in [7, 11) is 0. The second kappa shape index (κ2) is 3.13. The third-order valence-corrected chi connectivity index (χ3v) is 4.19. The number of hydrogen-bond donors (Lipinski definition) is 0. The van der Waals surface area contributed by atoms with E-state index in [0.29, 0.717) is 12.1 Å². The molecule has 0 radical (unpaired) electrons. The molecule has 0 aromatic rings. The Morgan fingerprint density at radius 3 is 2.33 bits per heavy atom. The van der Waals surface area contributed by atoms with Crippen LogP contribution in [0.3, 0.4) is 0 Å². The van der Waals surface area contributed by atoms with Crippen LogP contribution in [0.4, 0.5) is 4.79 Å². The Kier molecular flexibility index (Phi) is 1.98. The molecule has 0 aromatic carbocycles. The first-order valence-corrected chi connectivity index (χ1v) is 6.19. The predicted octanol–water partition coefficient (Wildman–Crippen LogP) is 2.69. The van der Waals surface area contributed by atoms with Gasteiger partial charge in [0.25, 0.3) is 0 Å². The predicted molar refractivity (Wildman–Crippen MR) is 56.6 cm³/mol. The largest absolute Gasteiger partial charge is 0.443 e. The lowest BCUT2D eigenvalue weighted by molar-refractivity contribution is 0.0354. The van der Waals surface area contributed by atoms with Crippen molar-refractivity contribution in [2.45, 2.75) is 69.6 Å². The van der Waals surface area contributed by atoms with Crippen molar-refractivity contribution in [3.05, 3.63) is 0 Å². The van der Waals surface area contributed by atoms with Crippen molar-refractivity contribution in [3.8, 4) is 0 Å². The average molecular weight is 209 g/mol. The molecule has 0 unspecified atom stereocenters. The van der Waals surface area contributed by atoms with Crippen molar-refractivity contribution >= 4 is 6.09 Å². The number of carbonyl (C=O) groups is 1.